The Bertz CT molecular complexity index is 483. The molecule has 0 fully saturated rings. The highest BCUT2D eigenvalue weighted by Crippen LogP contribution is 2.41. The van der Waals surface area contributed by atoms with E-state index in [-0.39, 0.29) is 5.97 Å². The summed E-state index contributed by atoms with van der Waals surface area (Å²) in [6, 6.07) is 9.88. The van der Waals surface area contributed by atoms with Gasteiger partial charge in [-0.1, -0.05) is 31.5 Å². The van der Waals surface area contributed by atoms with E-state index in [2.05, 4.69) is 0 Å². The first-order chi connectivity index (χ1) is 11.1. The molecule has 1 aromatic carbocycles. The molecule has 0 aliphatic rings. The van der Waals surface area contributed by atoms with Crippen molar-refractivity contribution in [3.05, 3.63) is 30.3 Å². The van der Waals surface area contributed by atoms with Crippen LogP contribution in [-0.4, -0.2) is 30.3 Å². The van der Waals surface area contributed by atoms with Crippen LogP contribution in [0.3, 0.4) is 0 Å². The van der Waals surface area contributed by atoms with E-state index in [1.165, 1.54) is 0 Å². The fourth-order valence-corrected chi connectivity index (χ4v) is 4.72. The van der Waals surface area contributed by atoms with Crippen molar-refractivity contribution in [2.24, 2.45) is 5.92 Å². The number of esters is 1. The summed E-state index contributed by atoms with van der Waals surface area (Å²) in [7, 11) is -1.28. The van der Waals surface area contributed by atoms with Gasteiger partial charge in [0, 0.05) is 17.3 Å². The summed E-state index contributed by atoms with van der Waals surface area (Å²) in [5.41, 5.74) is 0. The molecule has 0 radical (unpaired) electrons. The number of hydrogen-bond donors (Lipinski definition) is 0. The van der Waals surface area contributed by atoms with Crippen LogP contribution in [-0.2, 0) is 18.8 Å². The fourth-order valence-electron chi connectivity index (χ4n) is 2.47. The van der Waals surface area contributed by atoms with E-state index in [1.54, 1.807) is 18.7 Å². The maximum Gasteiger partial charge on any atom is 0.312 e. The van der Waals surface area contributed by atoms with Gasteiger partial charge in [0.25, 0.3) is 0 Å². The van der Waals surface area contributed by atoms with Gasteiger partial charge >= 0.3 is 5.97 Å². The van der Waals surface area contributed by atoms with E-state index >= 15 is 0 Å². The molecular weight excluding hydrogens is 331 g/mol. The maximum atomic E-state index is 12.4. The molecule has 3 unspecified atom stereocenters. The van der Waals surface area contributed by atoms with E-state index in [0.29, 0.717) is 25.4 Å². The molecule has 0 saturated heterocycles. The van der Waals surface area contributed by atoms with Gasteiger partial charge in [-0.25, -0.2) is 0 Å². The molecule has 3 atom stereocenters. The molecular formula is C17H27O4PS. The van der Waals surface area contributed by atoms with Crippen LogP contribution in [0.15, 0.2) is 35.2 Å². The van der Waals surface area contributed by atoms with Gasteiger partial charge in [0.05, 0.1) is 21.0 Å². The second kappa shape index (κ2) is 10.9. The average Bonchev–Trinajstić information content (AvgIpc) is 2.58. The Morgan fingerprint density at radius 1 is 1.22 bits per heavy atom. The van der Waals surface area contributed by atoms with Gasteiger partial charge in [-0.2, -0.15) is 0 Å². The molecule has 23 heavy (non-hydrogen) atoms. The van der Waals surface area contributed by atoms with Crippen molar-refractivity contribution in [1.29, 1.82) is 0 Å². The number of ether oxygens (including phenoxy) is 2. The van der Waals surface area contributed by atoms with Crippen molar-refractivity contribution >= 4 is 26.2 Å². The topological polar surface area (TPSA) is 52.6 Å². The summed E-state index contributed by atoms with van der Waals surface area (Å²) in [6.07, 6.45) is 1.43. The van der Waals surface area contributed by atoms with Crippen LogP contribution >= 0.6 is 20.2 Å². The molecule has 0 aromatic heterocycles. The summed E-state index contributed by atoms with van der Waals surface area (Å²) in [5.74, 6) is -0.316. The van der Waals surface area contributed by atoms with E-state index < -0.39 is 19.7 Å². The third-order valence-corrected chi connectivity index (χ3v) is 6.23. The Morgan fingerprint density at radius 3 is 2.43 bits per heavy atom. The van der Waals surface area contributed by atoms with Crippen molar-refractivity contribution in [3.63, 3.8) is 0 Å². The van der Waals surface area contributed by atoms with Crippen LogP contribution in [0.5, 0.6) is 0 Å². The predicted molar refractivity (Wildman–Crippen MR) is 97.0 cm³/mol. The summed E-state index contributed by atoms with van der Waals surface area (Å²) >= 11 is 1.57. The van der Waals surface area contributed by atoms with Crippen molar-refractivity contribution < 1.29 is 18.8 Å². The van der Waals surface area contributed by atoms with E-state index in [1.807, 2.05) is 44.2 Å². The Morgan fingerprint density at radius 2 is 1.91 bits per heavy atom. The Labute approximate surface area is 144 Å². The van der Waals surface area contributed by atoms with Gasteiger partial charge in [-0.3, -0.25) is 4.79 Å². The lowest BCUT2D eigenvalue weighted by molar-refractivity contribution is -0.155. The van der Waals surface area contributed by atoms with Gasteiger partial charge in [0.15, 0.2) is 0 Å². The Hall–Kier alpha value is -0.770. The summed E-state index contributed by atoms with van der Waals surface area (Å²) in [4.78, 5) is 13.5. The van der Waals surface area contributed by atoms with Gasteiger partial charge in [-0.15, -0.1) is 11.8 Å². The highest BCUT2D eigenvalue weighted by molar-refractivity contribution is 7.99. The fraction of sp³-hybridized carbons (Fsp3) is 0.588. The molecule has 4 nitrogen and oxygen atoms in total. The lowest BCUT2D eigenvalue weighted by Gasteiger charge is -2.34. The third kappa shape index (κ3) is 5.98. The molecule has 6 heteroatoms. The first-order valence-corrected chi connectivity index (χ1v) is 10.1. The standard InChI is InChI=1S/C17H27O4PS/c1-4-10-15(16(18)20-5-2)17(22-19,21-6-3)13-23-14-11-8-7-9-12-14/h7-9,11-12,15H,4-6,10,13,22H2,1-3H3. The summed E-state index contributed by atoms with van der Waals surface area (Å²) in [6.45, 7) is 6.40. The third-order valence-electron chi connectivity index (χ3n) is 3.56. The molecule has 0 heterocycles. The minimum absolute atomic E-state index is 0.306. The largest absolute Gasteiger partial charge is 0.466 e. The quantitative estimate of drug-likeness (QED) is 0.336. The lowest BCUT2D eigenvalue weighted by atomic mass is 9.97. The molecule has 0 bridgehead atoms. The Kier molecular flexibility index (Phi) is 9.61. The van der Waals surface area contributed by atoms with Crippen molar-refractivity contribution in [1.82, 2.24) is 0 Å². The molecule has 0 saturated carbocycles. The van der Waals surface area contributed by atoms with Crippen LogP contribution in [0.25, 0.3) is 0 Å². The zero-order chi connectivity index (χ0) is 17.1. The van der Waals surface area contributed by atoms with Crippen molar-refractivity contribution in [3.8, 4) is 0 Å². The van der Waals surface area contributed by atoms with Gasteiger partial charge in [0.2, 0.25) is 0 Å². The highest BCUT2D eigenvalue weighted by Gasteiger charge is 2.44. The summed E-state index contributed by atoms with van der Waals surface area (Å²) < 4.78 is 23.2. The van der Waals surface area contributed by atoms with Crippen LogP contribution < -0.4 is 0 Å². The highest BCUT2D eigenvalue weighted by atomic mass is 32.2. The first kappa shape index (κ1) is 20.3. The maximum absolute atomic E-state index is 12.4. The zero-order valence-electron chi connectivity index (χ0n) is 14.1. The normalized spacial score (nSPS) is 15.4. The molecule has 0 aliphatic carbocycles. The minimum atomic E-state index is -1.28. The van der Waals surface area contributed by atoms with E-state index in [9.17, 15) is 9.36 Å². The molecule has 1 aromatic rings. The van der Waals surface area contributed by atoms with Crippen LogP contribution in [0.1, 0.15) is 33.6 Å². The van der Waals surface area contributed by atoms with Gasteiger partial charge in [-0.05, 0) is 32.4 Å². The predicted octanol–water partition coefficient (Wildman–Crippen LogP) is 4.25. The number of benzene rings is 1. The SMILES string of the molecule is CCCC(C(=O)OCC)C(CSc1ccccc1)(OCC)[PH2]=O. The molecule has 0 spiro atoms. The molecule has 1 rings (SSSR count). The number of carbonyl (C=O) groups is 1. The second-order valence-corrected chi connectivity index (χ2v) is 7.46. The van der Waals surface area contributed by atoms with Crippen LogP contribution in [0.4, 0.5) is 0 Å². The van der Waals surface area contributed by atoms with Gasteiger partial charge < -0.3 is 14.0 Å². The smallest absolute Gasteiger partial charge is 0.312 e. The number of thioether (sulfide) groups is 1. The molecule has 130 valence electrons. The van der Waals surface area contributed by atoms with E-state index in [4.69, 9.17) is 9.47 Å². The summed E-state index contributed by atoms with van der Waals surface area (Å²) in [5, 5.41) is -0.947. The molecule has 0 aliphatic heterocycles. The zero-order valence-corrected chi connectivity index (χ0v) is 16.1. The number of carbonyl (C=O) groups excluding carboxylic acids is 1. The Balaban J connectivity index is 3.00. The van der Waals surface area contributed by atoms with Crippen LogP contribution in [0, 0.1) is 5.92 Å². The van der Waals surface area contributed by atoms with E-state index in [0.717, 1.165) is 11.3 Å². The second-order valence-electron chi connectivity index (χ2n) is 5.20. The number of rotatable bonds is 11. The van der Waals surface area contributed by atoms with Crippen molar-refractivity contribution in [2.45, 2.75) is 43.9 Å². The molecule has 0 amide bonds. The first-order valence-electron chi connectivity index (χ1n) is 8.08. The van der Waals surface area contributed by atoms with Crippen LogP contribution in [0.2, 0.25) is 0 Å². The molecule has 0 N–H and O–H groups in total. The average molecular weight is 358 g/mol. The van der Waals surface area contributed by atoms with Gasteiger partial charge in [0.1, 0.15) is 5.34 Å². The van der Waals surface area contributed by atoms with Crippen molar-refractivity contribution in [2.75, 3.05) is 19.0 Å². The minimum Gasteiger partial charge on any atom is -0.466 e. The number of hydrogen-bond acceptors (Lipinski definition) is 5. The lowest BCUT2D eigenvalue weighted by Crippen LogP contribution is -2.43. The monoisotopic (exact) mass is 358 g/mol.